The molecule has 84 valence electrons. The lowest BCUT2D eigenvalue weighted by atomic mass is 10.3. The van der Waals surface area contributed by atoms with Gasteiger partial charge in [-0.15, -0.1) is 10.2 Å². The van der Waals surface area contributed by atoms with E-state index in [9.17, 15) is 0 Å². The molecule has 1 atom stereocenters. The molecule has 0 radical (unpaired) electrons. The van der Waals surface area contributed by atoms with E-state index in [0.717, 1.165) is 0 Å². The van der Waals surface area contributed by atoms with Crippen molar-refractivity contribution in [3.8, 4) is 5.75 Å². The van der Waals surface area contributed by atoms with Crippen LogP contribution in [0.25, 0.3) is 0 Å². The molecule has 2 N–H and O–H groups in total. The number of hydrogen-bond acceptors (Lipinski definition) is 7. The van der Waals surface area contributed by atoms with E-state index in [0.29, 0.717) is 17.5 Å². The van der Waals surface area contributed by atoms with E-state index in [1.165, 1.54) is 0 Å². The van der Waals surface area contributed by atoms with Crippen molar-refractivity contribution in [3.05, 3.63) is 18.2 Å². The van der Waals surface area contributed by atoms with Crippen LogP contribution in [0.3, 0.4) is 0 Å². The number of anilines is 1. The second kappa shape index (κ2) is 4.51. The van der Waals surface area contributed by atoms with Crippen molar-refractivity contribution in [2.24, 2.45) is 0 Å². The molecule has 0 aliphatic carbocycles. The van der Waals surface area contributed by atoms with Crippen molar-refractivity contribution < 1.29 is 4.74 Å². The average molecular weight is 221 g/mol. The SMILES string of the molecule is COc1cnc(NC(C)c2nn[nH]n2)nc1. The van der Waals surface area contributed by atoms with Crippen LogP contribution in [-0.4, -0.2) is 37.7 Å². The minimum atomic E-state index is -0.118. The summed E-state index contributed by atoms with van der Waals surface area (Å²) in [5, 5.41) is 16.6. The fourth-order valence-electron chi connectivity index (χ4n) is 1.11. The fraction of sp³-hybridized carbons (Fsp3) is 0.375. The first-order valence-electron chi connectivity index (χ1n) is 4.65. The van der Waals surface area contributed by atoms with E-state index in [1.807, 2.05) is 6.92 Å². The van der Waals surface area contributed by atoms with Crippen molar-refractivity contribution >= 4 is 5.95 Å². The van der Waals surface area contributed by atoms with Gasteiger partial charge in [-0.25, -0.2) is 9.97 Å². The number of ether oxygens (including phenoxy) is 1. The highest BCUT2D eigenvalue weighted by molar-refractivity contribution is 5.29. The molecule has 0 saturated heterocycles. The van der Waals surface area contributed by atoms with Crippen LogP contribution in [0.1, 0.15) is 18.8 Å². The summed E-state index contributed by atoms with van der Waals surface area (Å²) >= 11 is 0. The van der Waals surface area contributed by atoms with Crippen LogP contribution < -0.4 is 10.1 Å². The molecule has 0 bridgehead atoms. The van der Waals surface area contributed by atoms with Gasteiger partial charge in [0.25, 0.3) is 0 Å². The van der Waals surface area contributed by atoms with Crippen molar-refractivity contribution in [3.63, 3.8) is 0 Å². The third-order valence-electron chi connectivity index (χ3n) is 1.96. The van der Waals surface area contributed by atoms with Crippen LogP contribution in [0.2, 0.25) is 0 Å². The van der Waals surface area contributed by atoms with Gasteiger partial charge in [0.05, 0.1) is 25.5 Å². The summed E-state index contributed by atoms with van der Waals surface area (Å²) in [7, 11) is 1.56. The number of rotatable bonds is 4. The lowest BCUT2D eigenvalue weighted by Gasteiger charge is -2.09. The van der Waals surface area contributed by atoms with Gasteiger partial charge in [-0.05, 0) is 6.92 Å². The molecular formula is C8H11N7O. The van der Waals surface area contributed by atoms with Crippen LogP contribution in [-0.2, 0) is 0 Å². The van der Waals surface area contributed by atoms with E-state index in [1.54, 1.807) is 19.5 Å². The lowest BCUT2D eigenvalue weighted by molar-refractivity contribution is 0.411. The fourth-order valence-corrected chi connectivity index (χ4v) is 1.11. The van der Waals surface area contributed by atoms with E-state index < -0.39 is 0 Å². The maximum absolute atomic E-state index is 4.95. The zero-order valence-corrected chi connectivity index (χ0v) is 8.88. The number of nitrogens with zero attached hydrogens (tertiary/aromatic N) is 5. The van der Waals surface area contributed by atoms with Crippen LogP contribution in [0, 0.1) is 0 Å². The number of nitrogens with one attached hydrogen (secondary N) is 2. The highest BCUT2D eigenvalue weighted by Gasteiger charge is 2.10. The summed E-state index contributed by atoms with van der Waals surface area (Å²) in [6.45, 7) is 1.89. The molecule has 2 heterocycles. The molecule has 0 aromatic carbocycles. The number of hydrogen-bond donors (Lipinski definition) is 2. The van der Waals surface area contributed by atoms with E-state index in [4.69, 9.17) is 4.74 Å². The minimum Gasteiger partial charge on any atom is -0.494 e. The Labute approximate surface area is 91.5 Å². The van der Waals surface area contributed by atoms with Gasteiger partial charge in [0, 0.05) is 0 Å². The van der Waals surface area contributed by atoms with Crippen LogP contribution in [0.4, 0.5) is 5.95 Å². The Hall–Kier alpha value is -2.25. The first kappa shape index (κ1) is 10.3. The largest absolute Gasteiger partial charge is 0.494 e. The van der Waals surface area contributed by atoms with Crippen molar-refractivity contribution in [1.29, 1.82) is 0 Å². The number of aromatic amines is 1. The molecule has 8 nitrogen and oxygen atoms in total. The second-order valence-electron chi connectivity index (χ2n) is 3.08. The van der Waals surface area contributed by atoms with Gasteiger partial charge in [0.2, 0.25) is 5.95 Å². The van der Waals surface area contributed by atoms with Crippen LogP contribution in [0.15, 0.2) is 12.4 Å². The predicted molar refractivity (Wildman–Crippen MR) is 54.8 cm³/mol. The van der Waals surface area contributed by atoms with Crippen LogP contribution >= 0.6 is 0 Å². The molecular weight excluding hydrogens is 210 g/mol. The Balaban J connectivity index is 2.03. The molecule has 0 aliphatic heterocycles. The topological polar surface area (TPSA) is 102 Å². The number of H-pyrrole nitrogens is 1. The second-order valence-corrected chi connectivity index (χ2v) is 3.08. The summed E-state index contributed by atoms with van der Waals surface area (Å²) in [6.07, 6.45) is 3.16. The third-order valence-corrected chi connectivity index (χ3v) is 1.96. The Kier molecular flexibility index (Phi) is 2.90. The van der Waals surface area contributed by atoms with Gasteiger partial charge in [-0.1, -0.05) is 5.21 Å². The Morgan fingerprint density at radius 3 is 2.69 bits per heavy atom. The quantitative estimate of drug-likeness (QED) is 0.758. The first-order valence-corrected chi connectivity index (χ1v) is 4.65. The maximum Gasteiger partial charge on any atom is 0.223 e. The molecule has 2 aromatic heterocycles. The Bertz CT molecular complexity index is 426. The van der Waals surface area contributed by atoms with E-state index in [-0.39, 0.29) is 6.04 Å². The van der Waals surface area contributed by atoms with Gasteiger partial charge < -0.3 is 10.1 Å². The monoisotopic (exact) mass is 221 g/mol. The molecule has 2 rings (SSSR count). The normalized spacial score (nSPS) is 12.1. The van der Waals surface area contributed by atoms with E-state index >= 15 is 0 Å². The van der Waals surface area contributed by atoms with Gasteiger partial charge in [0.15, 0.2) is 11.6 Å². The molecule has 0 aliphatic rings. The highest BCUT2D eigenvalue weighted by atomic mass is 16.5. The van der Waals surface area contributed by atoms with Gasteiger partial charge in [0.1, 0.15) is 0 Å². The average Bonchev–Trinajstić information content (AvgIpc) is 2.83. The molecule has 0 spiro atoms. The third kappa shape index (κ3) is 2.22. The Morgan fingerprint density at radius 2 is 2.12 bits per heavy atom. The van der Waals surface area contributed by atoms with Crippen molar-refractivity contribution in [1.82, 2.24) is 30.6 Å². The highest BCUT2D eigenvalue weighted by Crippen LogP contribution is 2.13. The number of aromatic nitrogens is 6. The summed E-state index contributed by atoms with van der Waals surface area (Å²) in [6, 6.07) is -0.118. The van der Waals surface area contributed by atoms with Gasteiger partial charge >= 0.3 is 0 Å². The molecule has 0 saturated carbocycles. The smallest absolute Gasteiger partial charge is 0.223 e. The Morgan fingerprint density at radius 1 is 1.38 bits per heavy atom. The zero-order chi connectivity index (χ0) is 11.4. The van der Waals surface area contributed by atoms with Crippen molar-refractivity contribution in [2.45, 2.75) is 13.0 Å². The van der Waals surface area contributed by atoms with Crippen LogP contribution in [0.5, 0.6) is 5.75 Å². The minimum absolute atomic E-state index is 0.118. The van der Waals surface area contributed by atoms with Crippen molar-refractivity contribution in [2.75, 3.05) is 12.4 Å². The number of methoxy groups -OCH3 is 1. The van der Waals surface area contributed by atoms with Gasteiger partial charge in [-0.2, -0.15) is 5.21 Å². The molecule has 2 aromatic rings. The summed E-state index contributed by atoms with van der Waals surface area (Å²) in [5.74, 6) is 1.65. The molecule has 0 fully saturated rings. The summed E-state index contributed by atoms with van der Waals surface area (Å²) in [5.41, 5.74) is 0. The molecule has 1 unspecified atom stereocenters. The maximum atomic E-state index is 4.95. The van der Waals surface area contributed by atoms with E-state index in [2.05, 4.69) is 35.9 Å². The summed E-state index contributed by atoms with van der Waals surface area (Å²) in [4.78, 5) is 8.13. The van der Waals surface area contributed by atoms with Gasteiger partial charge in [-0.3, -0.25) is 0 Å². The first-order chi connectivity index (χ1) is 7.79. The predicted octanol–water partition coefficient (Wildman–Crippen LogP) is 0.171. The molecule has 16 heavy (non-hydrogen) atoms. The molecule has 0 amide bonds. The standard InChI is InChI=1S/C8H11N7O/c1-5(7-12-14-15-13-7)11-8-9-3-6(16-2)4-10-8/h3-5H,1-2H3,(H,9,10,11)(H,12,13,14,15). The zero-order valence-electron chi connectivity index (χ0n) is 8.88. The summed E-state index contributed by atoms with van der Waals surface area (Å²) < 4.78 is 4.95. The number of tetrazole rings is 1. The lowest BCUT2D eigenvalue weighted by Crippen LogP contribution is -2.10. The molecule has 8 heteroatoms.